The van der Waals surface area contributed by atoms with Crippen molar-refractivity contribution in [3.8, 4) is 56.1 Å². The van der Waals surface area contributed by atoms with Crippen LogP contribution in [0.25, 0.3) is 99.8 Å². The van der Waals surface area contributed by atoms with Crippen LogP contribution < -0.4 is 0 Å². The van der Waals surface area contributed by atoms with E-state index < -0.39 is 11.7 Å². The number of para-hydroxylation sites is 2. The van der Waals surface area contributed by atoms with Gasteiger partial charge in [-0.25, -0.2) is 4.98 Å². The Balaban J connectivity index is 1.29. The minimum atomic E-state index is -4.80. The summed E-state index contributed by atoms with van der Waals surface area (Å²) >= 11 is 0. The fourth-order valence-corrected chi connectivity index (χ4v) is 9.84. The fourth-order valence-electron chi connectivity index (χ4n) is 9.84. The molecule has 0 N–H and O–H groups in total. The van der Waals surface area contributed by atoms with Crippen molar-refractivity contribution in [1.82, 2.24) is 14.1 Å². The lowest BCUT2D eigenvalue weighted by molar-refractivity contribution is -0.137. The Labute approximate surface area is 369 Å². The van der Waals surface area contributed by atoms with E-state index in [0.29, 0.717) is 33.3 Å². The summed E-state index contributed by atoms with van der Waals surface area (Å²) in [6.07, 6.45) is -4.80. The molecule has 0 saturated carbocycles. The molecule has 0 radical (unpaired) electrons. The number of halogens is 3. The molecular formula is C58H42F3N3. The van der Waals surface area contributed by atoms with Crippen LogP contribution in [0.2, 0.25) is 0 Å². The predicted molar refractivity (Wildman–Crippen MR) is 259 cm³/mol. The molecule has 0 atom stereocenters. The van der Waals surface area contributed by atoms with Gasteiger partial charge < -0.3 is 9.13 Å². The van der Waals surface area contributed by atoms with Crippen LogP contribution in [0.15, 0.2) is 182 Å². The second-order valence-electron chi connectivity index (χ2n) is 17.0. The zero-order valence-corrected chi connectivity index (χ0v) is 35.8. The zero-order valence-electron chi connectivity index (χ0n) is 35.8. The van der Waals surface area contributed by atoms with Gasteiger partial charge in [0.25, 0.3) is 0 Å². The zero-order chi connectivity index (χ0) is 43.9. The number of hydrogen-bond acceptors (Lipinski definition) is 1. The molecule has 8 aromatic carbocycles. The normalized spacial score (nSPS) is 12.0. The van der Waals surface area contributed by atoms with E-state index in [2.05, 4.69) is 76.2 Å². The SMILES string of the molecule is Cc1ccc(-c2ccc3c4ccccc4n(-c4cc(-c5cccc(-c6ccccc6)n5)cc(-n5c6ccccc6c6ccc(-c7ccc(C)cc7C)cc65)c4C(F)(F)F)c3c2)c(C)c1. The molecule has 0 spiro atoms. The van der Waals surface area contributed by atoms with E-state index in [9.17, 15) is 0 Å². The number of fused-ring (bicyclic) bond motifs is 6. The van der Waals surface area contributed by atoms with Crippen LogP contribution in [0.3, 0.4) is 0 Å². The first-order valence-corrected chi connectivity index (χ1v) is 21.5. The number of hydrogen-bond donors (Lipinski definition) is 0. The average Bonchev–Trinajstić information content (AvgIpc) is 3.80. The first-order chi connectivity index (χ1) is 31.0. The Kier molecular flexibility index (Phi) is 9.17. The van der Waals surface area contributed by atoms with Gasteiger partial charge in [0.05, 0.1) is 44.8 Å². The van der Waals surface area contributed by atoms with Gasteiger partial charge in [0.2, 0.25) is 0 Å². The third-order valence-corrected chi connectivity index (χ3v) is 12.7. The van der Waals surface area contributed by atoms with Crippen LogP contribution >= 0.6 is 0 Å². The molecule has 6 heteroatoms. The molecule has 64 heavy (non-hydrogen) atoms. The summed E-state index contributed by atoms with van der Waals surface area (Å²) in [6, 6.07) is 59.5. The molecule has 310 valence electrons. The van der Waals surface area contributed by atoms with E-state index in [1.165, 1.54) is 0 Å². The van der Waals surface area contributed by atoms with E-state index in [0.717, 1.165) is 77.3 Å². The van der Waals surface area contributed by atoms with Crippen molar-refractivity contribution in [3.05, 3.63) is 210 Å². The molecule has 11 rings (SSSR count). The second-order valence-corrected chi connectivity index (χ2v) is 17.0. The van der Waals surface area contributed by atoms with Crippen LogP contribution in [-0.4, -0.2) is 14.1 Å². The lowest BCUT2D eigenvalue weighted by Gasteiger charge is -2.23. The second kappa shape index (κ2) is 15.0. The fraction of sp³-hybridized carbons (Fsp3) is 0.0862. The largest absolute Gasteiger partial charge is 0.420 e. The molecule has 0 aliphatic rings. The van der Waals surface area contributed by atoms with E-state index >= 15 is 13.2 Å². The van der Waals surface area contributed by atoms with Gasteiger partial charge in [0.1, 0.15) is 5.56 Å². The topological polar surface area (TPSA) is 22.8 Å². The summed E-state index contributed by atoms with van der Waals surface area (Å²) in [7, 11) is 0. The third-order valence-electron chi connectivity index (χ3n) is 12.7. The average molecular weight is 838 g/mol. The van der Waals surface area contributed by atoms with Crippen molar-refractivity contribution in [1.29, 1.82) is 0 Å². The van der Waals surface area contributed by atoms with Crippen LogP contribution in [0.1, 0.15) is 27.8 Å². The van der Waals surface area contributed by atoms with Crippen LogP contribution in [0, 0.1) is 27.7 Å². The van der Waals surface area contributed by atoms with Crippen molar-refractivity contribution in [3.63, 3.8) is 0 Å². The lowest BCUT2D eigenvalue weighted by atomic mass is 9.97. The number of benzene rings is 8. The van der Waals surface area contributed by atoms with E-state index in [1.807, 2.05) is 130 Å². The molecule has 3 aromatic heterocycles. The third kappa shape index (κ3) is 6.48. The highest BCUT2D eigenvalue weighted by Crippen LogP contribution is 2.47. The maximum atomic E-state index is 16.7. The van der Waals surface area contributed by atoms with Gasteiger partial charge in [-0.05, 0) is 110 Å². The minimum Gasteiger partial charge on any atom is -0.309 e. The number of alkyl halides is 3. The molecule has 0 amide bonds. The predicted octanol–water partition coefficient (Wildman–Crippen LogP) is 16.2. The summed E-state index contributed by atoms with van der Waals surface area (Å²) in [5.74, 6) is 0. The highest BCUT2D eigenvalue weighted by atomic mass is 19.4. The monoisotopic (exact) mass is 837 g/mol. The summed E-state index contributed by atoms with van der Waals surface area (Å²) in [5, 5.41) is 3.46. The number of aromatic nitrogens is 3. The van der Waals surface area contributed by atoms with Gasteiger partial charge in [0.15, 0.2) is 0 Å². The summed E-state index contributed by atoms with van der Waals surface area (Å²) in [5.41, 5.74) is 13.2. The van der Waals surface area contributed by atoms with Crippen molar-refractivity contribution in [2.24, 2.45) is 0 Å². The summed E-state index contributed by atoms with van der Waals surface area (Å²) < 4.78 is 53.9. The van der Waals surface area contributed by atoms with Crippen molar-refractivity contribution >= 4 is 43.6 Å². The maximum Gasteiger partial charge on any atom is 0.420 e. The molecule has 3 nitrogen and oxygen atoms in total. The van der Waals surface area contributed by atoms with E-state index in [1.54, 1.807) is 12.1 Å². The Bertz CT molecular complexity index is 3460. The highest BCUT2D eigenvalue weighted by Gasteiger charge is 2.40. The molecule has 0 saturated heterocycles. The van der Waals surface area contributed by atoms with Gasteiger partial charge in [-0.1, -0.05) is 145 Å². The van der Waals surface area contributed by atoms with Crippen LogP contribution in [0.5, 0.6) is 0 Å². The molecule has 0 unspecified atom stereocenters. The highest BCUT2D eigenvalue weighted by molar-refractivity contribution is 6.12. The van der Waals surface area contributed by atoms with E-state index in [-0.39, 0.29) is 11.4 Å². The van der Waals surface area contributed by atoms with Gasteiger partial charge in [-0.2, -0.15) is 13.2 Å². The lowest BCUT2D eigenvalue weighted by Crippen LogP contribution is -2.16. The number of nitrogens with zero attached hydrogens (tertiary/aromatic N) is 3. The molecule has 0 fully saturated rings. The van der Waals surface area contributed by atoms with Crippen molar-refractivity contribution < 1.29 is 13.2 Å². The molecule has 3 heterocycles. The Hall–Kier alpha value is -7.70. The summed E-state index contributed by atoms with van der Waals surface area (Å²) in [4.78, 5) is 5.14. The van der Waals surface area contributed by atoms with Gasteiger partial charge in [0, 0.05) is 32.7 Å². The molecule has 0 bridgehead atoms. The Morgan fingerprint density at radius 2 is 0.828 bits per heavy atom. The van der Waals surface area contributed by atoms with Gasteiger partial charge in [-0.15, -0.1) is 0 Å². The number of pyridine rings is 1. The van der Waals surface area contributed by atoms with Crippen LogP contribution in [0.4, 0.5) is 13.2 Å². The van der Waals surface area contributed by atoms with Crippen LogP contribution in [-0.2, 0) is 6.18 Å². The van der Waals surface area contributed by atoms with E-state index in [4.69, 9.17) is 4.98 Å². The van der Waals surface area contributed by atoms with Crippen molar-refractivity contribution in [2.45, 2.75) is 33.9 Å². The first kappa shape index (κ1) is 39.2. The molecular weight excluding hydrogens is 796 g/mol. The standard InChI is InChI=1S/C58H42F3N3/c1-35-21-25-43(37(3)29-35)40-23-27-47-45-15-8-10-19-51(45)63(53(47)31-40)55-33-42(50-18-12-17-49(62-50)39-13-6-5-7-14-39)34-56(57(55)58(59,60)61)64-52-20-11-9-16-46(52)48-28-24-41(32-54(48)64)44-26-22-36(2)30-38(44)4/h5-34H,1-4H3. The van der Waals surface area contributed by atoms with Gasteiger partial charge in [-0.3, -0.25) is 0 Å². The molecule has 0 aliphatic heterocycles. The summed E-state index contributed by atoms with van der Waals surface area (Å²) in [6.45, 7) is 8.28. The Morgan fingerprint density at radius 3 is 1.31 bits per heavy atom. The molecule has 0 aliphatic carbocycles. The molecule has 11 aromatic rings. The smallest absolute Gasteiger partial charge is 0.309 e. The number of rotatable bonds is 6. The first-order valence-electron chi connectivity index (χ1n) is 21.5. The number of aryl methyl sites for hydroxylation is 4. The maximum absolute atomic E-state index is 16.7. The van der Waals surface area contributed by atoms with Crippen molar-refractivity contribution in [2.75, 3.05) is 0 Å². The minimum absolute atomic E-state index is 0.0207. The Morgan fingerprint density at radius 1 is 0.375 bits per heavy atom. The quantitative estimate of drug-likeness (QED) is 0.164. The van der Waals surface area contributed by atoms with Gasteiger partial charge >= 0.3 is 6.18 Å².